The Bertz CT molecular complexity index is 665. The summed E-state index contributed by atoms with van der Waals surface area (Å²) < 4.78 is 1.67. The molecule has 2 aromatic rings. The van der Waals surface area contributed by atoms with Crippen molar-refractivity contribution in [3.63, 3.8) is 0 Å². The Labute approximate surface area is 129 Å². The van der Waals surface area contributed by atoms with Crippen LogP contribution in [0.25, 0.3) is 5.69 Å². The summed E-state index contributed by atoms with van der Waals surface area (Å²) in [7, 11) is 1.73. The lowest BCUT2D eigenvalue weighted by Gasteiger charge is -2.21. The average Bonchev–Trinajstić information content (AvgIpc) is 3.22. The van der Waals surface area contributed by atoms with Gasteiger partial charge in [-0.3, -0.25) is 4.79 Å². The molecule has 3 rings (SSSR count). The second-order valence-corrected chi connectivity index (χ2v) is 5.93. The van der Waals surface area contributed by atoms with Crippen LogP contribution in [0.3, 0.4) is 0 Å². The number of rotatable bonds is 5. The van der Waals surface area contributed by atoms with Gasteiger partial charge in [-0.1, -0.05) is 0 Å². The summed E-state index contributed by atoms with van der Waals surface area (Å²) in [6, 6.07) is 5.49. The van der Waals surface area contributed by atoms with Crippen LogP contribution in [0.5, 0.6) is 0 Å². The van der Waals surface area contributed by atoms with Gasteiger partial charge in [-0.05, 0) is 49.4 Å². The van der Waals surface area contributed by atoms with Crippen LogP contribution in [0.1, 0.15) is 28.8 Å². The Morgan fingerprint density at radius 2 is 2.27 bits per heavy atom. The van der Waals surface area contributed by atoms with Crippen LogP contribution in [-0.2, 0) is 0 Å². The molecule has 0 radical (unpaired) electrons. The normalized spacial score (nSPS) is 15.6. The van der Waals surface area contributed by atoms with Crippen LogP contribution >= 0.6 is 0 Å². The van der Waals surface area contributed by atoms with Gasteiger partial charge in [0.25, 0.3) is 5.91 Å². The number of benzene rings is 1. The van der Waals surface area contributed by atoms with Gasteiger partial charge in [-0.15, -0.1) is 0 Å². The molecule has 0 spiro atoms. The summed E-state index contributed by atoms with van der Waals surface area (Å²) in [5.41, 5.74) is 2.47. The highest BCUT2D eigenvalue weighted by Crippen LogP contribution is 2.32. The molecule has 1 aromatic heterocycles. The molecule has 0 saturated heterocycles. The molecule has 0 aliphatic heterocycles. The molecule has 1 atom stereocenters. The molecule has 1 heterocycles. The molecule has 6 heteroatoms. The van der Waals surface area contributed by atoms with Crippen molar-refractivity contribution in [3.05, 3.63) is 42.0 Å². The third-order valence-corrected chi connectivity index (χ3v) is 4.08. The number of aryl methyl sites for hydroxylation is 1. The van der Waals surface area contributed by atoms with E-state index in [0.29, 0.717) is 18.0 Å². The third kappa shape index (κ3) is 3.01. The zero-order valence-electron chi connectivity index (χ0n) is 12.8. The van der Waals surface area contributed by atoms with Crippen LogP contribution < -0.4 is 0 Å². The minimum Gasteiger partial charge on any atom is -0.391 e. The van der Waals surface area contributed by atoms with Crippen LogP contribution in [0.15, 0.2) is 30.9 Å². The second kappa shape index (κ2) is 5.88. The molecule has 0 bridgehead atoms. The van der Waals surface area contributed by atoms with Crippen LogP contribution in [-0.4, -0.2) is 50.4 Å². The summed E-state index contributed by atoms with van der Waals surface area (Å²) in [6.45, 7) is 2.32. The fourth-order valence-corrected chi connectivity index (χ4v) is 2.59. The molecule has 1 aromatic carbocycles. The summed E-state index contributed by atoms with van der Waals surface area (Å²) in [6.07, 6.45) is 4.82. The van der Waals surface area contributed by atoms with Crippen LogP contribution in [0.2, 0.25) is 0 Å². The molecular formula is C16H20N4O2. The van der Waals surface area contributed by atoms with Gasteiger partial charge >= 0.3 is 0 Å². The fourth-order valence-electron chi connectivity index (χ4n) is 2.59. The Kier molecular flexibility index (Phi) is 3.94. The number of hydrogen-bond donors (Lipinski definition) is 1. The van der Waals surface area contributed by atoms with Crippen molar-refractivity contribution in [2.45, 2.75) is 25.9 Å². The molecule has 1 unspecified atom stereocenters. The van der Waals surface area contributed by atoms with Crippen molar-refractivity contribution in [2.24, 2.45) is 5.92 Å². The lowest BCUT2D eigenvalue weighted by molar-refractivity contribution is 0.0645. The molecule has 1 fully saturated rings. The Balaban J connectivity index is 1.73. The fraction of sp³-hybridized carbons (Fsp3) is 0.438. The predicted molar refractivity (Wildman–Crippen MR) is 81.8 cm³/mol. The molecular weight excluding hydrogens is 280 g/mol. The number of hydrogen-bond acceptors (Lipinski definition) is 4. The minimum atomic E-state index is -0.413. The van der Waals surface area contributed by atoms with Crippen molar-refractivity contribution in [2.75, 3.05) is 13.6 Å². The minimum absolute atomic E-state index is 0.0760. The van der Waals surface area contributed by atoms with Gasteiger partial charge in [-0.2, -0.15) is 5.10 Å². The van der Waals surface area contributed by atoms with Gasteiger partial charge in [-0.25, -0.2) is 9.67 Å². The zero-order chi connectivity index (χ0) is 15.7. The van der Waals surface area contributed by atoms with E-state index >= 15 is 0 Å². The molecule has 1 saturated carbocycles. The van der Waals surface area contributed by atoms with Gasteiger partial charge in [0.15, 0.2) is 0 Å². The average molecular weight is 300 g/mol. The number of amides is 1. The molecule has 1 aliphatic rings. The topological polar surface area (TPSA) is 71.2 Å². The number of aromatic nitrogens is 3. The highest BCUT2D eigenvalue weighted by molar-refractivity contribution is 5.94. The van der Waals surface area contributed by atoms with Crippen LogP contribution in [0.4, 0.5) is 0 Å². The number of aliphatic hydroxyl groups is 1. The van der Waals surface area contributed by atoms with E-state index in [4.69, 9.17) is 0 Å². The summed E-state index contributed by atoms with van der Waals surface area (Å²) >= 11 is 0. The van der Waals surface area contributed by atoms with Crippen molar-refractivity contribution in [3.8, 4) is 5.69 Å². The maximum atomic E-state index is 12.5. The number of aliphatic hydroxyl groups excluding tert-OH is 1. The van der Waals surface area contributed by atoms with Crippen LogP contribution in [0, 0.1) is 12.8 Å². The summed E-state index contributed by atoms with van der Waals surface area (Å²) in [5.74, 6) is 0.291. The first kappa shape index (κ1) is 14.7. The van der Waals surface area contributed by atoms with Gasteiger partial charge < -0.3 is 10.0 Å². The molecule has 1 aliphatic carbocycles. The number of likely N-dealkylation sites (N-methyl/N-ethyl adjacent to an activating group) is 1. The summed E-state index contributed by atoms with van der Waals surface area (Å²) in [5, 5.41) is 14.1. The zero-order valence-corrected chi connectivity index (χ0v) is 12.8. The van der Waals surface area contributed by atoms with Crippen molar-refractivity contribution < 1.29 is 9.90 Å². The van der Waals surface area contributed by atoms with Gasteiger partial charge in [0.1, 0.15) is 12.7 Å². The van der Waals surface area contributed by atoms with E-state index in [1.54, 1.807) is 29.0 Å². The van der Waals surface area contributed by atoms with Gasteiger partial charge in [0.2, 0.25) is 0 Å². The molecule has 6 nitrogen and oxygen atoms in total. The number of nitrogens with zero attached hydrogens (tertiary/aromatic N) is 4. The lowest BCUT2D eigenvalue weighted by Crippen LogP contribution is -2.35. The standard InChI is InChI=1S/C16H20N4O2/c1-11-7-13(5-6-14(11)20-10-17-9-18-20)16(22)19(2)8-15(21)12-3-4-12/h5-7,9-10,12,15,21H,3-4,8H2,1-2H3. The SMILES string of the molecule is Cc1cc(C(=O)N(C)CC(O)C2CC2)ccc1-n1cncn1. The van der Waals surface area contributed by atoms with Crippen molar-refractivity contribution >= 4 is 5.91 Å². The Morgan fingerprint density at radius 1 is 1.50 bits per heavy atom. The number of carbonyl (C=O) groups is 1. The predicted octanol–water partition coefficient (Wildman–Crippen LogP) is 1.42. The first-order valence-electron chi connectivity index (χ1n) is 7.45. The lowest BCUT2D eigenvalue weighted by atomic mass is 10.1. The van der Waals surface area contributed by atoms with Gasteiger partial charge in [0.05, 0.1) is 11.8 Å². The molecule has 1 amide bonds. The van der Waals surface area contributed by atoms with E-state index in [9.17, 15) is 9.90 Å². The monoisotopic (exact) mass is 300 g/mol. The maximum Gasteiger partial charge on any atom is 0.253 e. The Morgan fingerprint density at radius 3 is 2.86 bits per heavy atom. The van der Waals surface area contributed by atoms with Crippen molar-refractivity contribution in [1.82, 2.24) is 19.7 Å². The molecule has 22 heavy (non-hydrogen) atoms. The first-order chi connectivity index (χ1) is 10.6. The molecule has 116 valence electrons. The second-order valence-electron chi connectivity index (χ2n) is 5.93. The highest BCUT2D eigenvalue weighted by atomic mass is 16.3. The van der Waals surface area contributed by atoms with E-state index in [2.05, 4.69) is 10.1 Å². The van der Waals surface area contributed by atoms with E-state index in [1.165, 1.54) is 6.33 Å². The number of carbonyl (C=O) groups excluding carboxylic acids is 1. The van der Waals surface area contributed by atoms with E-state index < -0.39 is 6.10 Å². The maximum absolute atomic E-state index is 12.5. The summed E-state index contributed by atoms with van der Waals surface area (Å²) in [4.78, 5) is 18.0. The van der Waals surface area contributed by atoms with E-state index in [-0.39, 0.29) is 5.91 Å². The molecule has 1 N–H and O–H groups in total. The quantitative estimate of drug-likeness (QED) is 0.906. The van der Waals surface area contributed by atoms with Crippen molar-refractivity contribution in [1.29, 1.82) is 0 Å². The van der Waals surface area contributed by atoms with Gasteiger partial charge in [0, 0.05) is 19.2 Å². The smallest absolute Gasteiger partial charge is 0.253 e. The Hall–Kier alpha value is -2.21. The largest absolute Gasteiger partial charge is 0.391 e. The highest BCUT2D eigenvalue weighted by Gasteiger charge is 2.31. The van der Waals surface area contributed by atoms with E-state index in [1.807, 2.05) is 19.1 Å². The third-order valence-electron chi connectivity index (χ3n) is 4.08. The first-order valence-corrected chi connectivity index (χ1v) is 7.45. The van der Waals surface area contributed by atoms with E-state index in [0.717, 1.165) is 24.1 Å².